The van der Waals surface area contributed by atoms with Crippen LogP contribution in [-0.2, 0) is 18.3 Å². The largest absolute Gasteiger partial charge is 0.309 e. The molecule has 0 aliphatic rings. The van der Waals surface area contributed by atoms with E-state index in [1.807, 2.05) is 41.3 Å². The van der Waals surface area contributed by atoms with Crippen molar-refractivity contribution < 1.29 is 4.79 Å². The molecular formula is C15H14ClN5OS2. The van der Waals surface area contributed by atoms with Gasteiger partial charge in [0.2, 0.25) is 5.91 Å². The Kier molecular flexibility index (Phi) is 5.49. The van der Waals surface area contributed by atoms with Crippen LogP contribution in [0.5, 0.6) is 0 Å². The van der Waals surface area contributed by atoms with E-state index in [-0.39, 0.29) is 11.7 Å². The van der Waals surface area contributed by atoms with E-state index < -0.39 is 0 Å². The quantitative estimate of drug-likeness (QED) is 0.665. The number of hydrogen-bond acceptors (Lipinski definition) is 6. The normalized spacial score (nSPS) is 10.8. The number of nitrogens with one attached hydrogen (secondary N) is 1. The molecule has 2 heterocycles. The van der Waals surface area contributed by atoms with Crippen LogP contribution in [0.1, 0.15) is 11.4 Å². The lowest BCUT2D eigenvalue weighted by Crippen LogP contribution is -2.14. The summed E-state index contributed by atoms with van der Waals surface area (Å²) >= 11 is 8.62. The second kappa shape index (κ2) is 7.78. The molecule has 0 bridgehead atoms. The molecule has 1 N–H and O–H groups in total. The van der Waals surface area contributed by atoms with Crippen LogP contribution in [0.2, 0.25) is 5.02 Å². The zero-order valence-electron chi connectivity index (χ0n) is 12.8. The lowest BCUT2D eigenvalue weighted by Gasteiger charge is -2.04. The molecule has 3 aromatic rings. The maximum absolute atomic E-state index is 11.9. The summed E-state index contributed by atoms with van der Waals surface area (Å²) in [6, 6.07) is 7.63. The van der Waals surface area contributed by atoms with Crippen LogP contribution in [0.4, 0.5) is 5.13 Å². The Balaban J connectivity index is 1.58. The number of anilines is 1. The molecule has 0 atom stereocenters. The van der Waals surface area contributed by atoms with Gasteiger partial charge in [0.1, 0.15) is 5.82 Å². The molecule has 124 valence electrons. The first-order valence-corrected chi connectivity index (χ1v) is 9.31. The van der Waals surface area contributed by atoms with Crippen LogP contribution in [0.25, 0.3) is 0 Å². The first-order chi connectivity index (χ1) is 11.6. The highest BCUT2D eigenvalue weighted by Gasteiger charge is 2.12. The molecule has 9 heteroatoms. The number of hydrogen-bond donors (Lipinski definition) is 1. The zero-order valence-corrected chi connectivity index (χ0v) is 15.2. The van der Waals surface area contributed by atoms with Gasteiger partial charge in [-0.05, 0) is 17.7 Å². The van der Waals surface area contributed by atoms with Crippen molar-refractivity contribution in [2.45, 2.75) is 11.6 Å². The van der Waals surface area contributed by atoms with E-state index in [9.17, 15) is 4.79 Å². The van der Waals surface area contributed by atoms with E-state index in [1.54, 1.807) is 6.20 Å². The number of carbonyl (C=O) groups is 1. The molecule has 1 amide bonds. The Labute approximate surface area is 152 Å². The molecule has 0 spiro atoms. The van der Waals surface area contributed by atoms with Crippen molar-refractivity contribution in [1.82, 2.24) is 19.7 Å². The Morgan fingerprint density at radius 3 is 2.83 bits per heavy atom. The van der Waals surface area contributed by atoms with E-state index >= 15 is 0 Å². The van der Waals surface area contributed by atoms with Gasteiger partial charge in [-0.2, -0.15) is 0 Å². The Hall–Kier alpha value is -1.90. The van der Waals surface area contributed by atoms with Gasteiger partial charge in [0.25, 0.3) is 0 Å². The Morgan fingerprint density at radius 2 is 2.12 bits per heavy atom. The van der Waals surface area contributed by atoms with Crippen LogP contribution in [0.15, 0.2) is 41.0 Å². The molecule has 1 aromatic carbocycles. The number of benzene rings is 1. The number of rotatable bonds is 6. The van der Waals surface area contributed by atoms with Gasteiger partial charge in [0, 0.05) is 30.1 Å². The van der Waals surface area contributed by atoms with Crippen molar-refractivity contribution in [3.8, 4) is 0 Å². The molecule has 3 rings (SSSR count). The lowest BCUT2D eigenvalue weighted by molar-refractivity contribution is -0.113. The van der Waals surface area contributed by atoms with Crippen LogP contribution >= 0.6 is 34.7 Å². The topological polar surface area (TPSA) is 72.7 Å². The minimum absolute atomic E-state index is 0.114. The van der Waals surface area contributed by atoms with Gasteiger partial charge >= 0.3 is 0 Å². The lowest BCUT2D eigenvalue weighted by atomic mass is 10.1. The summed E-state index contributed by atoms with van der Waals surface area (Å²) in [5.74, 6) is 0.976. The smallest absolute Gasteiger partial charge is 0.236 e. The predicted octanol–water partition coefficient (Wildman–Crippen LogP) is 3.25. The second-order valence-corrected chi connectivity index (χ2v) is 7.21. The average molecular weight is 380 g/mol. The van der Waals surface area contributed by atoms with Crippen molar-refractivity contribution in [2.24, 2.45) is 7.05 Å². The number of halogens is 1. The predicted molar refractivity (Wildman–Crippen MR) is 96.7 cm³/mol. The third-order valence-electron chi connectivity index (χ3n) is 3.21. The summed E-state index contributed by atoms with van der Waals surface area (Å²) in [5, 5.41) is 14.9. The molecular weight excluding hydrogens is 366 g/mol. The van der Waals surface area contributed by atoms with Crippen molar-refractivity contribution in [3.05, 3.63) is 52.3 Å². The maximum Gasteiger partial charge on any atom is 0.236 e. The van der Waals surface area contributed by atoms with Gasteiger partial charge in [-0.3, -0.25) is 4.79 Å². The van der Waals surface area contributed by atoms with Gasteiger partial charge in [-0.1, -0.05) is 35.5 Å². The molecule has 0 saturated carbocycles. The maximum atomic E-state index is 11.9. The van der Waals surface area contributed by atoms with E-state index in [1.165, 1.54) is 23.1 Å². The molecule has 0 fully saturated rings. The molecule has 2 aromatic heterocycles. The molecule has 0 aliphatic carbocycles. The summed E-state index contributed by atoms with van der Waals surface area (Å²) in [4.78, 5) is 15.9. The number of aromatic nitrogens is 4. The van der Waals surface area contributed by atoms with Gasteiger partial charge in [-0.15, -0.1) is 21.5 Å². The van der Waals surface area contributed by atoms with E-state index in [0.29, 0.717) is 21.7 Å². The van der Waals surface area contributed by atoms with E-state index in [2.05, 4.69) is 20.5 Å². The number of thioether (sulfide) groups is 1. The Bertz CT molecular complexity index is 817. The van der Waals surface area contributed by atoms with Crippen LogP contribution in [-0.4, -0.2) is 31.4 Å². The number of amides is 1. The van der Waals surface area contributed by atoms with E-state index in [0.717, 1.165) is 11.4 Å². The summed E-state index contributed by atoms with van der Waals surface area (Å²) in [6.07, 6.45) is 2.31. The van der Waals surface area contributed by atoms with Crippen LogP contribution in [0.3, 0.4) is 0 Å². The molecule has 6 nitrogen and oxygen atoms in total. The molecule has 0 unspecified atom stereocenters. The van der Waals surface area contributed by atoms with Gasteiger partial charge < -0.3 is 9.88 Å². The second-order valence-electron chi connectivity index (χ2n) is 4.94. The molecule has 0 aliphatic heterocycles. The Morgan fingerprint density at radius 1 is 1.33 bits per heavy atom. The fourth-order valence-electron chi connectivity index (χ4n) is 1.98. The highest BCUT2D eigenvalue weighted by Crippen LogP contribution is 2.19. The fraction of sp³-hybridized carbons (Fsp3) is 0.200. The summed E-state index contributed by atoms with van der Waals surface area (Å²) in [5.41, 5.74) is 1.10. The minimum atomic E-state index is -0.114. The number of carbonyl (C=O) groups excluding carboxylic acids is 1. The van der Waals surface area contributed by atoms with Crippen molar-refractivity contribution in [2.75, 3.05) is 11.1 Å². The standard InChI is InChI=1S/C15H14ClN5OS2/c1-21-12(8-10-2-4-11(16)5-3-10)19-20-15(21)24-9-13(22)18-14-17-6-7-23-14/h2-7H,8-9H2,1H3,(H,17,18,22). The zero-order chi connectivity index (χ0) is 16.9. The molecule has 24 heavy (non-hydrogen) atoms. The number of nitrogens with zero attached hydrogens (tertiary/aromatic N) is 4. The summed E-state index contributed by atoms with van der Waals surface area (Å²) in [6.45, 7) is 0. The fourth-order valence-corrected chi connectivity index (χ4v) is 3.38. The van der Waals surface area contributed by atoms with Crippen molar-refractivity contribution >= 4 is 45.7 Å². The van der Waals surface area contributed by atoms with Gasteiger partial charge in [0.05, 0.1) is 5.75 Å². The van der Waals surface area contributed by atoms with Crippen LogP contribution in [0, 0.1) is 0 Å². The van der Waals surface area contributed by atoms with Gasteiger partial charge in [-0.25, -0.2) is 4.98 Å². The molecule has 0 radical (unpaired) electrons. The first kappa shape index (κ1) is 16.9. The first-order valence-electron chi connectivity index (χ1n) is 7.06. The van der Waals surface area contributed by atoms with Crippen molar-refractivity contribution in [3.63, 3.8) is 0 Å². The van der Waals surface area contributed by atoms with Crippen LogP contribution < -0.4 is 5.32 Å². The highest BCUT2D eigenvalue weighted by molar-refractivity contribution is 7.99. The highest BCUT2D eigenvalue weighted by atomic mass is 35.5. The van der Waals surface area contributed by atoms with Crippen molar-refractivity contribution in [1.29, 1.82) is 0 Å². The summed E-state index contributed by atoms with van der Waals surface area (Å²) < 4.78 is 1.90. The van der Waals surface area contributed by atoms with E-state index in [4.69, 9.17) is 11.6 Å². The average Bonchev–Trinajstić information content (AvgIpc) is 3.19. The van der Waals surface area contributed by atoms with Gasteiger partial charge in [0.15, 0.2) is 10.3 Å². The SMILES string of the molecule is Cn1c(Cc2ccc(Cl)cc2)nnc1SCC(=O)Nc1nccs1. The molecule has 0 saturated heterocycles. The minimum Gasteiger partial charge on any atom is -0.309 e. The monoisotopic (exact) mass is 379 g/mol. The summed E-state index contributed by atoms with van der Waals surface area (Å²) in [7, 11) is 1.90. The third kappa shape index (κ3) is 4.34. The third-order valence-corrected chi connectivity index (χ3v) is 5.17. The number of thiazole rings is 1.